The highest BCUT2D eigenvalue weighted by Crippen LogP contribution is 2.36. The number of nitrogens with zero attached hydrogens (tertiary/aromatic N) is 6. The van der Waals surface area contributed by atoms with E-state index in [-0.39, 0.29) is 0 Å². The molecule has 1 aliphatic heterocycles. The summed E-state index contributed by atoms with van der Waals surface area (Å²) in [6.45, 7) is 2.73. The zero-order valence-corrected chi connectivity index (χ0v) is 17.6. The zero-order chi connectivity index (χ0) is 21.5. The van der Waals surface area contributed by atoms with Crippen molar-refractivity contribution >= 4 is 22.2 Å². The lowest BCUT2D eigenvalue weighted by Crippen LogP contribution is -2.27. The summed E-state index contributed by atoms with van der Waals surface area (Å²) in [5.41, 5.74) is 12.6. The minimum absolute atomic E-state index is 0.453. The fourth-order valence-corrected chi connectivity index (χ4v) is 4.72. The lowest BCUT2D eigenvalue weighted by Gasteiger charge is -2.22. The van der Waals surface area contributed by atoms with Gasteiger partial charge in [-0.1, -0.05) is 18.2 Å². The second-order valence-electron chi connectivity index (χ2n) is 8.37. The van der Waals surface area contributed by atoms with E-state index in [1.165, 1.54) is 5.69 Å². The first kappa shape index (κ1) is 18.9. The van der Waals surface area contributed by atoms with E-state index in [0.717, 1.165) is 59.0 Å². The predicted octanol–water partition coefficient (Wildman–Crippen LogP) is 3.24. The fourth-order valence-electron chi connectivity index (χ4n) is 4.72. The number of hydrogen-bond donors (Lipinski definition) is 2. The molecule has 32 heavy (non-hydrogen) atoms. The quantitative estimate of drug-likeness (QED) is 0.460. The Labute approximate surface area is 185 Å². The Morgan fingerprint density at radius 3 is 2.88 bits per heavy atom. The molecule has 0 spiro atoms. The lowest BCUT2D eigenvalue weighted by atomic mass is 9.94. The van der Waals surface area contributed by atoms with Crippen molar-refractivity contribution < 1.29 is 0 Å². The van der Waals surface area contributed by atoms with Crippen LogP contribution in [0.25, 0.3) is 27.5 Å². The van der Waals surface area contributed by atoms with Crippen molar-refractivity contribution in [2.45, 2.75) is 25.3 Å². The molecule has 3 N–H and O–H groups in total. The van der Waals surface area contributed by atoms with E-state index < -0.39 is 0 Å². The van der Waals surface area contributed by atoms with Crippen molar-refractivity contribution in [3.05, 3.63) is 72.6 Å². The van der Waals surface area contributed by atoms with E-state index in [9.17, 15) is 0 Å². The van der Waals surface area contributed by atoms with Gasteiger partial charge in [0.2, 0.25) is 0 Å². The topological polar surface area (TPSA) is 98.9 Å². The number of pyridine rings is 1. The number of piperidine rings is 1. The highest BCUT2D eigenvalue weighted by Gasteiger charge is 2.23. The van der Waals surface area contributed by atoms with Crippen LogP contribution in [0.5, 0.6) is 0 Å². The maximum absolute atomic E-state index is 6.33. The first-order chi connectivity index (χ1) is 15.8. The first-order valence-corrected chi connectivity index (χ1v) is 11.0. The van der Waals surface area contributed by atoms with Gasteiger partial charge in [0.15, 0.2) is 5.82 Å². The third-order valence-electron chi connectivity index (χ3n) is 6.30. The van der Waals surface area contributed by atoms with Gasteiger partial charge in [-0.25, -0.2) is 9.50 Å². The highest BCUT2D eigenvalue weighted by molar-refractivity contribution is 5.92. The molecule has 0 radical (unpaired) electrons. The molecule has 0 amide bonds. The molecular weight excluding hydrogens is 400 g/mol. The summed E-state index contributed by atoms with van der Waals surface area (Å²) >= 11 is 0. The summed E-state index contributed by atoms with van der Waals surface area (Å²) in [4.78, 5) is 8.47. The van der Waals surface area contributed by atoms with Gasteiger partial charge >= 0.3 is 0 Å². The molecule has 0 aliphatic carbocycles. The van der Waals surface area contributed by atoms with Gasteiger partial charge in [-0.2, -0.15) is 10.2 Å². The Bertz CT molecular complexity index is 1400. The number of aromatic nitrogens is 6. The standard InChI is InChI=1S/C24H24N8/c25-24-23-20(11-22(32(23)29-15-28-24)17-5-8-26-9-6-17)18-3-4-19-14-31(30-21(19)10-18)13-16-2-1-7-27-12-16/h1-4,7,10-12,14-15,17,26H,5-6,8-9,13H2,(H2,25,28,29). The van der Waals surface area contributed by atoms with Crippen LogP contribution in [-0.2, 0) is 6.54 Å². The Balaban J connectivity index is 1.43. The van der Waals surface area contributed by atoms with Crippen molar-refractivity contribution in [2.24, 2.45) is 0 Å². The Hall–Kier alpha value is -3.78. The monoisotopic (exact) mass is 424 g/mol. The van der Waals surface area contributed by atoms with Gasteiger partial charge in [0.25, 0.3) is 0 Å². The highest BCUT2D eigenvalue weighted by atomic mass is 15.3. The number of hydrogen-bond acceptors (Lipinski definition) is 6. The Kier molecular flexibility index (Phi) is 4.57. The van der Waals surface area contributed by atoms with Crippen molar-refractivity contribution in [3.8, 4) is 11.1 Å². The van der Waals surface area contributed by atoms with E-state index in [0.29, 0.717) is 18.3 Å². The van der Waals surface area contributed by atoms with Crippen LogP contribution in [0, 0.1) is 0 Å². The first-order valence-electron chi connectivity index (χ1n) is 11.0. The van der Waals surface area contributed by atoms with Gasteiger partial charge in [0.1, 0.15) is 11.8 Å². The molecule has 1 saturated heterocycles. The number of benzene rings is 1. The minimum Gasteiger partial charge on any atom is -0.382 e. The average molecular weight is 425 g/mol. The van der Waals surface area contributed by atoms with Crippen molar-refractivity contribution in [3.63, 3.8) is 0 Å². The fraction of sp³-hybridized carbons (Fsp3) is 0.250. The molecule has 0 bridgehead atoms. The summed E-state index contributed by atoms with van der Waals surface area (Å²) in [5, 5.41) is 13.9. The molecular formula is C24H24N8. The molecule has 8 nitrogen and oxygen atoms in total. The molecule has 0 unspecified atom stereocenters. The van der Waals surface area contributed by atoms with Crippen LogP contribution in [0.4, 0.5) is 5.82 Å². The van der Waals surface area contributed by atoms with Crippen LogP contribution < -0.4 is 11.1 Å². The molecule has 1 aliphatic rings. The van der Waals surface area contributed by atoms with Crippen LogP contribution in [0.3, 0.4) is 0 Å². The maximum Gasteiger partial charge on any atom is 0.151 e. The SMILES string of the molecule is Nc1ncnn2c(C3CCNCC3)cc(-c3ccc4cn(Cc5cccnc5)nc4c3)c12. The van der Waals surface area contributed by atoms with Crippen molar-refractivity contribution in [2.75, 3.05) is 18.8 Å². The van der Waals surface area contributed by atoms with E-state index in [2.05, 4.69) is 56.9 Å². The Morgan fingerprint density at radius 1 is 1.12 bits per heavy atom. The summed E-state index contributed by atoms with van der Waals surface area (Å²) in [6.07, 6.45) is 9.45. The number of nitrogens with two attached hydrogens (primary N) is 1. The van der Waals surface area contributed by atoms with Gasteiger partial charge in [0, 0.05) is 41.2 Å². The van der Waals surface area contributed by atoms with Crippen molar-refractivity contribution in [1.29, 1.82) is 0 Å². The largest absolute Gasteiger partial charge is 0.382 e. The molecule has 1 aromatic carbocycles. The van der Waals surface area contributed by atoms with Gasteiger partial charge in [-0.05, 0) is 55.3 Å². The van der Waals surface area contributed by atoms with Gasteiger partial charge < -0.3 is 11.1 Å². The summed E-state index contributed by atoms with van der Waals surface area (Å²) in [5.74, 6) is 0.951. The third-order valence-corrected chi connectivity index (χ3v) is 6.30. The molecule has 6 rings (SSSR count). The predicted molar refractivity (Wildman–Crippen MR) is 124 cm³/mol. The third kappa shape index (κ3) is 3.29. The van der Waals surface area contributed by atoms with Gasteiger partial charge in [-0.15, -0.1) is 0 Å². The smallest absolute Gasteiger partial charge is 0.151 e. The molecule has 160 valence electrons. The number of anilines is 1. The second-order valence-corrected chi connectivity index (χ2v) is 8.37. The molecule has 5 aromatic rings. The second kappa shape index (κ2) is 7.72. The van der Waals surface area contributed by atoms with E-state index >= 15 is 0 Å². The molecule has 5 heterocycles. The number of fused-ring (bicyclic) bond motifs is 2. The van der Waals surface area contributed by atoms with Crippen LogP contribution >= 0.6 is 0 Å². The van der Waals surface area contributed by atoms with Crippen LogP contribution in [0.1, 0.15) is 30.0 Å². The van der Waals surface area contributed by atoms with Crippen LogP contribution in [0.15, 0.2) is 61.3 Å². The normalized spacial score (nSPS) is 15.0. The maximum atomic E-state index is 6.33. The van der Waals surface area contributed by atoms with E-state index in [4.69, 9.17) is 10.8 Å². The Morgan fingerprint density at radius 2 is 2.03 bits per heavy atom. The average Bonchev–Trinajstić information content (AvgIpc) is 3.41. The summed E-state index contributed by atoms with van der Waals surface area (Å²) in [7, 11) is 0. The van der Waals surface area contributed by atoms with Crippen molar-refractivity contribution in [1.82, 2.24) is 34.7 Å². The van der Waals surface area contributed by atoms with Gasteiger partial charge in [-0.3, -0.25) is 9.67 Å². The van der Waals surface area contributed by atoms with Crippen LogP contribution in [0.2, 0.25) is 0 Å². The molecule has 1 fully saturated rings. The van der Waals surface area contributed by atoms with Crippen LogP contribution in [-0.4, -0.2) is 42.5 Å². The number of rotatable bonds is 4. The zero-order valence-electron chi connectivity index (χ0n) is 17.6. The van der Waals surface area contributed by atoms with E-state index in [1.54, 1.807) is 12.5 Å². The molecule has 0 saturated carbocycles. The minimum atomic E-state index is 0.453. The number of nitrogen functional groups attached to an aromatic ring is 1. The lowest BCUT2D eigenvalue weighted by molar-refractivity contribution is 0.448. The molecule has 4 aromatic heterocycles. The van der Waals surface area contributed by atoms with E-state index in [1.807, 2.05) is 21.5 Å². The number of nitrogens with one attached hydrogen (secondary N) is 1. The molecule has 8 heteroatoms. The molecule has 0 atom stereocenters. The summed E-state index contributed by atoms with van der Waals surface area (Å²) in [6, 6.07) is 12.6. The summed E-state index contributed by atoms with van der Waals surface area (Å²) < 4.78 is 3.94. The van der Waals surface area contributed by atoms with Gasteiger partial charge in [0.05, 0.1) is 12.1 Å².